The highest BCUT2D eigenvalue weighted by Crippen LogP contribution is 2.47. The summed E-state index contributed by atoms with van der Waals surface area (Å²) in [5.74, 6) is 3.52. The molecular formula is C17H26N2O3. The van der Waals surface area contributed by atoms with Crippen LogP contribution in [0.25, 0.3) is 0 Å². The van der Waals surface area contributed by atoms with Gasteiger partial charge in [-0.3, -0.25) is 9.69 Å². The summed E-state index contributed by atoms with van der Waals surface area (Å²) < 4.78 is 10.9. The van der Waals surface area contributed by atoms with Gasteiger partial charge in [-0.2, -0.15) is 0 Å². The number of carbonyl (C=O) groups excluding carboxylic acids is 1. The lowest BCUT2D eigenvalue weighted by atomic mass is 10.3. The van der Waals surface area contributed by atoms with Crippen LogP contribution in [-0.4, -0.2) is 43.7 Å². The average Bonchev–Trinajstić information content (AvgIpc) is 3.40. The molecule has 1 N–H and O–H groups in total. The summed E-state index contributed by atoms with van der Waals surface area (Å²) in [4.78, 5) is 14.2. The smallest absolute Gasteiger partial charge is 0.234 e. The van der Waals surface area contributed by atoms with Gasteiger partial charge in [0.1, 0.15) is 11.5 Å². The van der Waals surface area contributed by atoms with Crippen LogP contribution in [0.2, 0.25) is 0 Å². The minimum absolute atomic E-state index is 0.0616. The number of amides is 1. The molecule has 2 aliphatic rings. The molecule has 22 heavy (non-hydrogen) atoms. The van der Waals surface area contributed by atoms with Crippen molar-refractivity contribution in [3.63, 3.8) is 0 Å². The molecule has 1 heterocycles. The van der Waals surface area contributed by atoms with Crippen LogP contribution in [0, 0.1) is 5.92 Å². The van der Waals surface area contributed by atoms with Gasteiger partial charge in [0.05, 0.1) is 19.7 Å². The summed E-state index contributed by atoms with van der Waals surface area (Å²) in [6.45, 7) is 4.54. The third kappa shape index (κ3) is 4.11. The second-order valence-corrected chi connectivity index (χ2v) is 6.60. The third-order valence-electron chi connectivity index (χ3n) is 4.55. The predicted octanol–water partition coefficient (Wildman–Crippen LogP) is 2.13. The largest absolute Gasteiger partial charge is 0.464 e. The van der Waals surface area contributed by atoms with Crippen LogP contribution < -0.4 is 5.32 Å². The van der Waals surface area contributed by atoms with E-state index in [1.807, 2.05) is 0 Å². The van der Waals surface area contributed by atoms with Gasteiger partial charge in [0.25, 0.3) is 0 Å². The minimum atomic E-state index is 0.0616. The average molecular weight is 306 g/mol. The normalized spacial score (nSPS) is 23.8. The van der Waals surface area contributed by atoms with Crippen molar-refractivity contribution in [2.75, 3.05) is 26.8 Å². The summed E-state index contributed by atoms with van der Waals surface area (Å²) in [5, 5.41) is 2.89. The number of nitrogens with zero attached hydrogens (tertiary/aromatic N) is 1. The Morgan fingerprint density at radius 2 is 2.23 bits per heavy atom. The van der Waals surface area contributed by atoms with Crippen molar-refractivity contribution in [1.82, 2.24) is 10.2 Å². The molecule has 122 valence electrons. The maximum absolute atomic E-state index is 12.0. The van der Waals surface area contributed by atoms with E-state index < -0.39 is 0 Å². The van der Waals surface area contributed by atoms with E-state index in [0.717, 1.165) is 24.0 Å². The van der Waals surface area contributed by atoms with E-state index >= 15 is 0 Å². The second-order valence-electron chi connectivity index (χ2n) is 6.60. The summed E-state index contributed by atoms with van der Waals surface area (Å²) in [6.07, 6.45) is 3.60. The molecule has 1 amide bonds. The first-order valence-corrected chi connectivity index (χ1v) is 8.25. The molecule has 5 nitrogen and oxygen atoms in total. The molecule has 0 aromatic carbocycles. The van der Waals surface area contributed by atoms with E-state index in [2.05, 4.69) is 29.3 Å². The van der Waals surface area contributed by atoms with E-state index in [1.165, 1.54) is 19.3 Å². The fourth-order valence-corrected chi connectivity index (χ4v) is 2.88. The van der Waals surface area contributed by atoms with Crippen LogP contribution in [0.5, 0.6) is 0 Å². The zero-order valence-corrected chi connectivity index (χ0v) is 13.5. The number of hydrogen-bond donors (Lipinski definition) is 1. The molecule has 2 aliphatic carbocycles. The zero-order chi connectivity index (χ0) is 15.5. The van der Waals surface area contributed by atoms with Crippen LogP contribution >= 0.6 is 0 Å². The van der Waals surface area contributed by atoms with E-state index in [4.69, 9.17) is 9.15 Å². The van der Waals surface area contributed by atoms with E-state index in [0.29, 0.717) is 31.7 Å². The van der Waals surface area contributed by atoms with Crippen LogP contribution in [0.4, 0.5) is 0 Å². The van der Waals surface area contributed by atoms with Crippen LogP contribution in [0.1, 0.15) is 43.6 Å². The first-order valence-electron chi connectivity index (χ1n) is 8.25. The maximum atomic E-state index is 12.0. The SMILES string of the molecule is COCCNC(=O)CN(Cc1ccc([C@@H]2C[C@H]2C)o1)C1CC1. The van der Waals surface area contributed by atoms with Crippen molar-refractivity contribution in [3.8, 4) is 0 Å². The quantitative estimate of drug-likeness (QED) is 0.710. The van der Waals surface area contributed by atoms with Crippen LogP contribution in [0.3, 0.4) is 0 Å². The van der Waals surface area contributed by atoms with E-state index in [1.54, 1.807) is 7.11 Å². The molecular weight excluding hydrogens is 280 g/mol. The van der Waals surface area contributed by atoms with Crippen LogP contribution in [-0.2, 0) is 16.1 Å². The van der Waals surface area contributed by atoms with E-state index in [-0.39, 0.29) is 5.91 Å². The van der Waals surface area contributed by atoms with Gasteiger partial charge >= 0.3 is 0 Å². The van der Waals surface area contributed by atoms with Crippen molar-refractivity contribution in [2.24, 2.45) is 5.92 Å². The topological polar surface area (TPSA) is 54.7 Å². The summed E-state index contributed by atoms with van der Waals surface area (Å²) in [5.41, 5.74) is 0. The Labute approximate surface area is 132 Å². The van der Waals surface area contributed by atoms with Gasteiger partial charge < -0.3 is 14.5 Å². The Morgan fingerprint density at radius 1 is 1.45 bits per heavy atom. The second kappa shape index (κ2) is 6.84. The Hall–Kier alpha value is -1.33. The van der Waals surface area contributed by atoms with Gasteiger partial charge in [0, 0.05) is 25.6 Å². The Morgan fingerprint density at radius 3 is 2.86 bits per heavy atom. The van der Waals surface area contributed by atoms with Crippen molar-refractivity contribution in [3.05, 3.63) is 23.7 Å². The molecule has 0 unspecified atom stereocenters. The third-order valence-corrected chi connectivity index (χ3v) is 4.55. The first-order chi connectivity index (χ1) is 10.7. The summed E-state index contributed by atoms with van der Waals surface area (Å²) >= 11 is 0. The number of nitrogens with one attached hydrogen (secondary N) is 1. The molecule has 0 bridgehead atoms. The molecule has 2 fully saturated rings. The van der Waals surface area contributed by atoms with Crippen molar-refractivity contribution < 1.29 is 13.9 Å². The number of furan rings is 1. The first kappa shape index (κ1) is 15.6. The van der Waals surface area contributed by atoms with Gasteiger partial charge in [0.15, 0.2) is 0 Å². The van der Waals surface area contributed by atoms with Crippen molar-refractivity contribution >= 4 is 5.91 Å². The van der Waals surface area contributed by atoms with Crippen molar-refractivity contribution in [1.29, 1.82) is 0 Å². The lowest BCUT2D eigenvalue weighted by molar-refractivity contribution is -0.122. The molecule has 5 heteroatoms. The minimum Gasteiger partial charge on any atom is -0.464 e. The fraction of sp³-hybridized carbons (Fsp3) is 0.706. The van der Waals surface area contributed by atoms with Gasteiger partial charge in [-0.25, -0.2) is 0 Å². The highest BCUT2D eigenvalue weighted by atomic mass is 16.5. The standard InChI is InChI=1S/C17H26N2O3/c1-12-9-15(12)16-6-5-14(22-16)10-19(13-3-4-13)11-17(20)18-7-8-21-2/h5-6,12-13,15H,3-4,7-11H2,1-2H3,(H,18,20)/t12-,15-/m1/s1. The molecule has 0 saturated heterocycles. The molecule has 0 aliphatic heterocycles. The Balaban J connectivity index is 1.51. The van der Waals surface area contributed by atoms with Crippen molar-refractivity contribution in [2.45, 2.75) is 44.7 Å². The highest BCUT2D eigenvalue weighted by Gasteiger charge is 2.37. The molecule has 2 saturated carbocycles. The number of hydrogen-bond acceptors (Lipinski definition) is 4. The lowest BCUT2D eigenvalue weighted by Gasteiger charge is -2.20. The number of rotatable bonds is 9. The Bertz CT molecular complexity index is 510. The van der Waals surface area contributed by atoms with Gasteiger partial charge in [-0.05, 0) is 37.3 Å². The molecule has 1 aromatic heterocycles. The monoisotopic (exact) mass is 306 g/mol. The molecule has 2 atom stereocenters. The van der Waals surface area contributed by atoms with Gasteiger partial charge in [-0.15, -0.1) is 0 Å². The van der Waals surface area contributed by atoms with E-state index in [9.17, 15) is 4.79 Å². The summed E-state index contributed by atoms with van der Waals surface area (Å²) in [6, 6.07) is 4.70. The fourth-order valence-electron chi connectivity index (χ4n) is 2.88. The molecule has 0 radical (unpaired) electrons. The maximum Gasteiger partial charge on any atom is 0.234 e. The molecule has 3 rings (SSSR count). The molecule has 1 aromatic rings. The Kier molecular flexibility index (Phi) is 4.84. The van der Waals surface area contributed by atoms with Crippen LogP contribution in [0.15, 0.2) is 16.5 Å². The number of carbonyl (C=O) groups is 1. The number of ether oxygens (including phenoxy) is 1. The summed E-state index contributed by atoms with van der Waals surface area (Å²) in [7, 11) is 1.64. The highest BCUT2D eigenvalue weighted by molar-refractivity contribution is 5.78. The van der Waals surface area contributed by atoms with Gasteiger partial charge in [-0.1, -0.05) is 6.92 Å². The van der Waals surface area contributed by atoms with Gasteiger partial charge in [0.2, 0.25) is 5.91 Å². The predicted molar refractivity (Wildman–Crippen MR) is 83.5 cm³/mol. The zero-order valence-electron chi connectivity index (χ0n) is 13.5. The lowest BCUT2D eigenvalue weighted by Crippen LogP contribution is -2.39. The number of methoxy groups -OCH3 is 1. The molecule has 0 spiro atoms.